The molecule has 0 amide bonds. The van der Waals surface area contributed by atoms with E-state index in [4.69, 9.17) is 14.5 Å². The van der Waals surface area contributed by atoms with Crippen molar-refractivity contribution >= 4 is 45.3 Å². The lowest BCUT2D eigenvalue weighted by Crippen LogP contribution is -2.12. The Kier molecular flexibility index (Phi) is 6.09. The zero-order chi connectivity index (χ0) is 21.8. The fourth-order valence-electron chi connectivity index (χ4n) is 3.33. The summed E-state index contributed by atoms with van der Waals surface area (Å²) in [7, 11) is 1.59. The van der Waals surface area contributed by atoms with Gasteiger partial charge >= 0.3 is 5.97 Å². The molecule has 1 N–H and O–H groups in total. The highest BCUT2D eigenvalue weighted by Gasteiger charge is 2.33. The fraction of sp³-hybridized carbons (Fsp3) is 0.120. The van der Waals surface area contributed by atoms with Crippen molar-refractivity contribution in [3.8, 4) is 5.75 Å². The fourth-order valence-corrected chi connectivity index (χ4v) is 4.35. The van der Waals surface area contributed by atoms with Crippen molar-refractivity contribution in [1.82, 2.24) is 0 Å². The zero-order valence-corrected chi connectivity index (χ0v) is 18.0. The lowest BCUT2D eigenvalue weighted by Gasteiger charge is -2.06. The molecule has 0 radical (unpaired) electrons. The van der Waals surface area contributed by atoms with E-state index in [1.54, 1.807) is 20.1 Å². The highest BCUT2D eigenvalue weighted by molar-refractivity contribution is 8.18. The third-order valence-electron chi connectivity index (χ3n) is 4.78. The van der Waals surface area contributed by atoms with Gasteiger partial charge in [-0.25, -0.2) is 9.79 Å². The summed E-state index contributed by atoms with van der Waals surface area (Å²) in [5.41, 5.74) is 1.57. The van der Waals surface area contributed by atoms with Gasteiger partial charge < -0.3 is 14.6 Å². The van der Waals surface area contributed by atoms with Crippen molar-refractivity contribution in [2.24, 2.45) is 4.99 Å². The molecule has 0 fully saturated rings. The van der Waals surface area contributed by atoms with E-state index in [-0.39, 0.29) is 17.9 Å². The summed E-state index contributed by atoms with van der Waals surface area (Å²) in [6.45, 7) is 1.93. The van der Waals surface area contributed by atoms with Gasteiger partial charge in [0, 0.05) is 10.9 Å². The summed E-state index contributed by atoms with van der Waals surface area (Å²) in [6.07, 6.45) is 1.78. The molecule has 5 nitrogen and oxygen atoms in total. The summed E-state index contributed by atoms with van der Waals surface area (Å²) < 4.78 is 10.6. The number of hydrogen-bond donors (Lipinski definition) is 1. The summed E-state index contributed by atoms with van der Waals surface area (Å²) in [5.74, 6) is -0.0798. The van der Waals surface area contributed by atoms with Crippen LogP contribution in [0.5, 0.6) is 5.75 Å². The molecule has 1 aliphatic rings. The number of fused-ring (bicyclic) bond motifs is 1. The Morgan fingerprint density at radius 2 is 1.81 bits per heavy atom. The first-order valence-corrected chi connectivity index (χ1v) is 10.6. The van der Waals surface area contributed by atoms with E-state index in [0.717, 1.165) is 16.3 Å². The molecule has 6 heteroatoms. The highest BCUT2D eigenvalue weighted by atomic mass is 32.2. The van der Waals surface area contributed by atoms with Gasteiger partial charge in [0.2, 0.25) is 0 Å². The summed E-state index contributed by atoms with van der Waals surface area (Å²) >= 11 is 1.23. The van der Waals surface area contributed by atoms with Gasteiger partial charge in [-0.15, -0.1) is 0 Å². The predicted octanol–water partition coefficient (Wildman–Crippen LogP) is 6.04. The molecule has 0 aromatic heterocycles. The Hall–Kier alpha value is -3.51. The van der Waals surface area contributed by atoms with Crippen LogP contribution in [0.15, 0.2) is 88.0 Å². The number of rotatable bonds is 5. The maximum Gasteiger partial charge on any atom is 0.344 e. The number of hydrogen-bond acceptors (Lipinski definition) is 6. The number of carbonyl (C=O) groups is 1. The largest absolute Gasteiger partial charge is 0.506 e. The van der Waals surface area contributed by atoms with E-state index in [0.29, 0.717) is 21.4 Å². The molecule has 0 spiro atoms. The van der Waals surface area contributed by atoms with Crippen molar-refractivity contribution in [3.63, 3.8) is 0 Å². The molecule has 1 heterocycles. The second kappa shape index (κ2) is 9.10. The Balaban J connectivity index is 1.83. The van der Waals surface area contributed by atoms with Gasteiger partial charge in [0.1, 0.15) is 22.1 Å². The second-order valence-corrected chi connectivity index (χ2v) is 7.74. The smallest absolute Gasteiger partial charge is 0.344 e. The van der Waals surface area contributed by atoms with Crippen molar-refractivity contribution in [3.05, 3.63) is 88.5 Å². The molecule has 0 saturated carbocycles. The Labute approximate surface area is 184 Å². The molecular formula is C25H21NO4S. The van der Waals surface area contributed by atoms with Gasteiger partial charge in [-0.1, -0.05) is 66.4 Å². The number of aliphatic hydroxyl groups is 1. The van der Waals surface area contributed by atoms with Crippen molar-refractivity contribution in [1.29, 1.82) is 0 Å². The van der Waals surface area contributed by atoms with Crippen LogP contribution in [-0.2, 0) is 9.53 Å². The lowest BCUT2D eigenvalue weighted by molar-refractivity contribution is -0.138. The van der Waals surface area contributed by atoms with Gasteiger partial charge in [-0.3, -0.25) is 0 Å². The Morgan fingerprint density at radius 3 is 2.61 bits per heavy atom. The minimum absolute atomic E-state index is 0.0703. The summed E-state index contributed by atoms with van der Waals surface area (Å²) in [6, 6.07) is 21.2. The number of methoxy groups -OCH3 is 1. The number of carbonyl (C=O) groups excluding carboxylic acids is 1. The molecule has 156 valence electrons. The molecule has 4 rings (SSSR count). The molecule has 31 heavy (non-hydrogen) atoms. The molecule has 3 aromatic carbocycles. The molecule has 0 atom stereocenters. The quantitative estimate of drug-likeness (QED) is 0.499. The number of esters is 1. The second-order valence-electron chi connectivity index (χ2n) is 6.71. The van der Waals surface area contributed by atoms with E-state index in [1.165, 1.54) is 11.8 Å². The van der Waals surface area contributed by atoms with Crippen LogP contribution in [0.1, 0.15) is 12.5 Å². The first-order valence-electron chi connectivity index (χ1n) is 9.82. The molecule has 1 aliphatic heterocycles. The SMILES string of the molecule is CCOC(=O)C1=C(O)/C(=C\c2ccccc2OC)SC1=Nc1cccc2ccccc12. The Morgan fingerprint density at radius 1 is 1.06 bits per heavy atom. The number of benzene rings is 3. The minimum Gasteiger partial charge on any atom is -0.506 e. The standard InChI is InChI=1S/C25H21NO4S/c1-3-30-25(28)22-23(27)21(15-17-10-5-7-14-20(17)29-2)31-24(22)26-19-13-8-11-16-9-4-6-12-18(16)19/h4-15,27H,3H2,1-2H3/b21-15+,26-24?. The number of thioether (sulfide) groups is 1. The molecule has 0 saturated heterocycles. The number of nitrogens with zero attached hydrogens (tertiary/aromatic N) is 1. The topological polar surface area (TPSA) is 68.1 Å². The van der Waals surface area contributed by atoms with Gasteiger partial charge in [0.05, 0.1) is 24.3 Å². The molecule has 3 aromatic rings. The van der Waals surface area contributed by atoms with E-state index in [2.05, 4.69) is 0 Å². The first-order chi connectivity index (χ1) is 15.1. The molecule has 0 aliphatic carbocycles. The number of aliphatic hydroxyl groups excluding tert-OH is 1. The summed E-state index contributed by atoms with van der Waals surface area (Å²) in [4.78, 5) is 17.9. The van der Waals surface area contributed by atoms with Crippen LogP contribution in [0.3, 0.4) is 0 Å². The minimum atomic E-state index is -0.602. The maximum atomic E-state index is 12.7. The van der Waals surface area contributed by atoms with E-state index in [9.17, 15) is 9.90 Å². The van der Waals surface area contributed by atoms with Crippen LogP contribution < -0.4 is 4.74 Å². The first kappa shape index (κ1) is 20.8. The van der Waals surface area contributed by atoms with Gasteiger partial charge in [-0.2, -0.15) is 0 Å². The van der Waals surface area contributed by atoms with Crippen molar-refractivity contribution in [2.45, 2.75) is 6.92 Å². The lowest BCUT2D eigenvalue weighted by atomic mass is 10.1. The molecular weight excluding hydrogens is 410 g/mol. The van der Waals surface area contributed by atoms with E-state index in [1.807, 2.05) is 66.7 Å². The number of para-hydroxylation sites is 1. The zero-order valence-electron chi connectivity index (χ0n) is 17.2. The normalized spacial score (nSPS) is 16.3. The van der Waals surface area contributed by atoms with Crippen LogP contribution in [0.25, 0.3) is 16.8 Å². The van der Waals surface area contributed by atoms with Gasteiger partial charge in [-0.05, 0) is 30.5 Å². The summed E-state index contributed by atoms with van der Waals surface area (Å²) in [5, 5.41) is 13.3. The van der Waals surface area contributed by atoms with Crippen LogP contribution >= 0.6 is 11.8 Å². The molecule has 0 bridgehead atoms. The van der Waals surface area contributed by atoms with Crippen LogP contribution in [0, 0.1) is 0 Å². The average molecular weight is 432 g/mol. The third-order valence-corrected chi connectivity index (χ3v) is 5.80. The van der Waals surface area contributed by atoms with Gasteiger partial charge in [0.25, 0.3) is 0 Å². The monoisotopic (exact) mass is 431 g/mol. The van der Waals surface area contributed by atoms with Crippen LogP contribution in [0.2, 0.25) is 0 Å². The highest BCUT2D eigenvalue weighted by Crippen LogP contribution is 2.41. The number of ether oxygens (including phenoxy) is 2. The third kappa shape index (κ3) is 4.20. The van der Waals surface area contributed by atoms with E-state index >= 15 is 0 Å². The van der Waals surface area contributed by atoms with Crippen LogP contribution in [-0.4, -0.2) is 29.8 Å². The van der Waals surface area contributed by atoms with Crippen molar-refractivity contribution < 1.29 is 19.4 Å². The average Bonchev–Trinajstić information content (AvgIpc) is 3.09. The Bertz CT molecular complexity index is 1240. The number of aliphatic imine (C=N–C) groups is 1. The van der Waals surface area contributed by atoms with Crippen molar-refractivity contribution in [2.75, 3.05) is 13.7 Å². The maximum absolute atomic E-state index is 12.7. The van der Waals surface area contributed by atoms with Gasteiger partial charge in [0.15, 0.2) is 0 Å². The predicted molar refractivity (Wildman–Crippen MR) is 126 cm³/mol. The van der Waals surface area contributed by atoms with Crippen LogP contribution in [0.4, 0.5) is 5.69 Å². The molecule has 0 unspecified atom stereocenters. The van der Waals surface area contributed by atoms with E-state index < -0.39 is 5.97 Å².